The fourth-order valence-corrected chi connectivity index (χ4v) is 9.24. The fourth-order valence-electron chi connectivity index (χ4n) is 9.24. The molecule has 1 amide bonds. The number of aliphatic hydroxyl groups excluding tert-OH is 1. The van der Waals surface area contributed by atoms with Gasteiger partial charge >= 0.3 is 12.1 Å². The van der Waals surface area contributed by atoms with Gasteiger partial charge in [0.2, 0.25) is 0 Å². The number of esters is 1. The SMILES string of the molecule is CC[C@H]1OC(=O)[C@H](C)C(=O)[C@H](C)[C@@H](O[C@@H]2O[C@H](C)C[C@H](N(C)C)[C@H]2O)[C@](C)(OC)C[C@](C)(F)C(=O)[C@H](CCCCn2cnc(-c3ccc(N)cc3)c2)[C@@H]2NC(=O)O[C@]12C. The third-order valence-corrected chi connectivity index (χ3v) is 12.7. The number of carbonyl (C=O) groups is 4. The summed E-state index contributed by atoms with van der Waals surface area (Å²) in [5, 5.41) is 14.2. The summed E-state index contributed by atoms with van der Waals surface area (Å²) in [4.78, 5) is 62.5. The monoisotopic (exact) mass is 829 g/mol. The second-order valence-electron chi connectivity index (χ2n) is 17.5. The number of fused-ring (bicyclic) bond motifs is 1. The number of unbranched alkanes of at least 4 members (excludes halogenated alkanes) is 1. The number of Topliss-reactive ketones (excluding diaryl/α,β-unsaturated/α-hetero) is 2. The Balaban J connectivity index is 1.50. The number of ketones is 2. The van der Waals surface area contributed by atoms with Crippen molar-refractivity contribution in [1.29, 1.82) is 0 Å². The minimum atomic E-state index is -2.62. The zero-order chi connectivity index (χ0) is 43.6. The number of aromatic nitrogens is 2. The quantitative estimate of drug-likeness (QED) is 0.120. The van der Waals surface area contributed by atoms with Gasteiger partial charge in [-0.05, 0) is 86.5 Å². The first-order valence-electron chi connectivity index (χ1n) is 20.7. The number of anilines is 1. The van der Waals surface area contributed by atoms with E-state index < -0.39 is 95.3 Å². The molecule has 4 heterocycles. The molecular weight excluding hydrogens is 765 g/mol. The minimum Gasteiger partial charge on any atom is -0.458 e. The number of amides is 1. The smallest absolute Gasteiger partial charge is 0.408 e. The number of aryl methyl sites for hydroxylation is 1. The number of carbonyl (C=O) groups excluding carboxylic acids is 4. The Kier molecular flexibility index (Phi) is 14.3. The van der Waals surface area contributed by atoms with Crippen LogP contribution in [0.25, 0.3) is 11.3 Å². The number of imidazole rings is 1. The van der Waals surface area contributed by atoms with E-state index in [9.17, 15) is 24.3 Å². The van der Waals surface area contributed by atoms with Gasteiger partial charge in [0.05, 0.1) is 35.9 Å². The van der Waals surface area contributed by atoms with Gasteiger partial charge in [-0.25, -0.2) is 14.2 Å². The van der Waals surface area contributed by atoms with E-state index in [0.29, 0.717) is 31.5 Å². The van der Waals surface area contributed by atoms with Gasteiger partial charge in [0, 0.05) is 55.4 Å². The average Bonchev–Trinajstić information content (AvgIpc) is 3.78. The second-order valence-corrected chi connectivity index (χ2v) is 17.5. The normalized spacial score (nSPS) is 37.4. The molecule has 4 N–H and O–H groups in total. The lowest BCUT2D eigenvalue weighted by Crippen LogP contribution is -2.62. The highest BCUT2D eigenvalue weighted by molar-refractivity contribution is 6.00. The number of benzene rings is 1. The zero-order valence-corrected chi connectivity index (χ0v) is 36.1. The molecule has 0 saturated carbocycles. The van der Waals surface area contributed by atoms with E-state index in [0.717, 1.165) is 11.3 Å². The average molecular weight is 830 g/mol. The number of nitrogens with one attached hydrogen (secondary N) is 1. The van der Waals surface area contributed by atoms with Crippen LogP contribution in [0.1, 0.15) is 87.0 Å². The molecule has 16 heteroatoms. The van der Waals surface area contributed by atoms with Gasteiger partial charge < -0.3 is 49.3 Å². The summed E-state index contributed by atoms with van der Waals surface area (Å²) in [5.41, 5.74) is 2.26. The first kappa shape index (κ1) is 46.1. The van der Waals surface area contributed by atoms with Crippen LogP contribution in [0.15, 0.2) is 36.8 Å². The van der Waals surface area contributed by atoms with Crippen molar-refractivity contribution in [2.75, 3.05) is 26.9 Å². The van der Waals surface area contributed by atoms with Crippen LogP contribution in [-0.4, -0.2) is 124 Å². The Morgan fingerprint density at radius 3 is 2.39 bits per heavy atom. The molecular formula is C43H64FN5O10. The van der Waals surface area contributed by atoms with Crippen molar-refractivity contribution < 1.29 is 52.4 Å². The number of hydrogen-bond acceptors (Lipinski definition) is 13. The van der Waals surface area contributed by atoms with Gasteiger partial charge in [0.1, 0.15) is 18.1 Å². The van der Waals surface area contributed by atoms with Gasteiger partial charge in [-0.1, -0.05) is 32.4 Å². The summed E-state index contributed by atoms with van der Waals surface area (Å²) in [5.74, 6) is -5.90. The van der Waals surface area contributed by atoms with Gasteiger partial charge in [-0.15, -0.1) is 0 Å². The number of methoxy groups -OCH3 is 1. The topological polar surface area (TPSA) is 194 Å². The standard InChI is InChI=1S/C43H64FN5O10/c1-11-32-43(7)35(47-40(54)59-43)29(14-12-13-19-49-21-30(46-23-49)27-15-17-28(45)18-16-27)36(52)41(5,44)22-42(6,55-10)37(25(3)33(50)26(4)38(53)57-32)58-39-34(51)31(48(8)9)20-24(2)56-39/h15-18,21,23-26,29,31-32,34-35,37,39,51H,11-14,19-20,22,45H2,1-10H3,(H,47,54)/t24-,25+,26-,29-,31+,32-,34-,35+,37-,39+,41+,42-,43-/m1/s1. The summed E-state index contributed by atoms with van der Waals surface area (Å²) in [6.45, 7) is 11.4. The summed E-state index contributed by atoms with van der Waals surface area (Å²) in [7, 11) is 4.98. The van der Waals surface area contributed by atoms with E-state index in [4.69, 9.17) is 29.4 Å². The van der Waals surface area contributed by atoms with Crippen LogP contribution in [0.3, 0.4) is 0 Å². The third-order valence-electron chi connectivity index (χ3n) is 12.7. The highest BCUT2D eigenvalue weighted by Gasteiger charge is 2.60. The molecule has 0 unspecified atom stereocenters. The van der Waals surface area contributed by atoms with Crippen molar-refractivity contribution >= 4 is 29.3 Å². The van der Waals surface area contributed by atoms with E-state index in [1.54, 1.807) is 46.2 Å². The van der Waals surface area contributed by atoms with Gasteiger partial charge in [-0.3, -0.25) is 14.4 Å². The molecule has 3 aliphatic rings. The highest BCUT2D eigenvalue weighted by atomic mass is 19.1. The number of nitrogen functional groups attached to an aromatic ring is 1. The summed E-state index contributed by atoms with van der Waals surface area (Å²) in [6, 6.07) is 5.91. The number of nitrogens with zero attached hydrogens (tertiary/aromatic N) is 3. The zero-order valence-electron chi connectivity index (χ0n) is 36.1. The predicted octanol–water partition coefficient (Wildman–Crippen LogP) is 4.87. The van der Waals surface area contributed by atoms with Crippen molar-refractivity contribution in [3.63, 3.8) is 0 Å². The molecule has 0 radical (unpaired) electrons. The number of rotatable bonds is 11. The Morgan fingerprint density at radius 2 is 1.76 bits per heavy atom. The lowest BCUT2D eigenvalue weighted by atomic mass is 9.71. The molecule has 0 spiro atoms. The molecule has 3 fully saturated rings. The molecule has 328 valence electrons. The molecule has 15 nitrogen and oxygen atoms in total. The summed E-state index contributed by atoms with van der Waals surface area (Å²) in [6.07, 6.45) is -1.15. The van der Waals surface area contributed by atoms with Crippen LogP contribution in [0.5, 0.6) is 0 Å². The maximum atomic E-state index is 17.7. The van der Waals surface area contributed by atoms with E-state index in [1.807, 2.05) is 48.8 Å². The molecule has 59 heavy (non-hydrogen) atoms. The van der Waals surface area contributed by atoms with Crippen LogP contribution in [-0.2, 0) is 44.6 Å². The first-order chi connectivity index (χ1) is 27.6. The number of likely N-dealkylation sites (N-methyl/N-ethyl adjacent to an activating group) is 1. The predicted molar refractivity (Wildman–Crippen MR) is 217 cm³/mol. The van der Waals surface area contributed by atoms with Crippen LogP contribution in [0, 0.1) is 17.8 Å². The van der Waals surface area contributed by atoms with Gasteiger partial charge in [0.15, 0.2) is 29.1 Å². The molecule has 13 atom stereocenters. The molecule has 0 aliphatic carbocycles. The highest BCUT2D eigenvalue weighted by Crippen LogP contribution is 2.43. The number of nitrogens with two attached hydrogens (primary N) is 1. The molecule has 2 aromatic rings. The number of hydrogen-bond donors (Lipinski definition) is 3. The van der Waals surface area contributed by atoms with Crippen LogP contribution < -0.4 is 11.1 Å². The van der Waals surface area contributed by atoms with Crippen molar-refractivity contribution in [1.82, 2.24) is 19.8 Å². The number of aliphatic hydroxyl groups is 1. The minimum absolute atomic E-state index is 0.146. The number of ether oxygens (including phenoxy) is 5. The molecule has 1 aromatic carbocycles. The van der Waals surface area contributed by atoms with Crippen molar-refractivity contribution in [3.05, 3.63) is 36.8 Å². The van der Waals surface area contributed by atoms with Gasteiger partial charge in [0.25, 0.3) is 0 Å². The molecule has 0 bridgehead atoms. The maximum absolute atomic E-state index is 17.7. The first-order valence-corrected chi connectivity index (χ1v) is 20.7. The Labute approximate surface area is 346 Å². The second kappa shape index (κ2) is 18.3. The fraction of sp³-hybridized carbons (Fsp3) is 0.698. The van der Waals surface area contributed by atoms with Crippen molar-refractivity contribution in [2.45, 2.75) is 153 Å². The molecule has 5 rings (SSSR count). The third kappa shape index (κ3) is 9.83. The maximum Gasteiger partial charge on any atom is 0.408 e. The Morgan fingerprint density at radius 1 is 1.08 bits per heavy atom. The van der Waals surface area contributed by atoms with E-state index in [-0.39, 0.29) is 25.0 Å². The van der Waals surface area contributed by atoms with Crippen molar-refractivity contribution in [2.24, 2.45) is 17.8 Å². The molecule has 3 saturated heterocycles. The van der Waals surface area contributed by atoms with E-state index in [2.05, 4.69) is 10.3 Å². The van der Waals surface area contributed by atoms with Crippen LogP contribution >= 0.6 is 0 Å². The number of halogens is 1. The number of alkyl carbamates (subject to hydrolysis) is 1. The van der Waals surface area contributed by atoms with E-state index in [1.165, 1.54) is 21.0 Å². The Hall–Kier alpha value is -3.96. The lowest BCUT2D eigenvalue weighted by Gasteiger charge is -2.47. The molecule has 3 aliphatic heterocycles. The van der Waals surface area contributed by atoms with Gasteiger partial charge in [-0.2, -0.15) is 0 Å². The van der Waals surface area contributed by atoms with Crippen molar-refractivity contribution in [3.8, 4) is 11.3 Å². The summed E-state index contributed by atoms with van der Waals surface area (Å²) >= 11 is 0. The Bertz CT molecular complexity index is 1810. The number of cyclic esters (lactones) is 1. The largest absolute Gasteiger partial charge is 0.458 e. The van der Waals surface area contributed by atoms with Crippen LogP contribution in [0.4, 0.5) is 14.9 Å². The lowest BCUT2D eigenvalue weighted by molar-refractivity contribution is -0.296. The van der Waals surface area contributed by atoms with Crippen LogP contribution in [0.2, 0.25) is 0 Å². The molecule has 1 aromatic heterocycles. The van der Waals surface area contributed by atoms with E-state index >= 15 is 4.39 Å². The number of alkyl halides is 1. The summed E-state index contributed by atoms with van der Waals surface area (Å²) < 4.78 is 50.1.